The summed E-state index contributed by atoms with van der Waals surface area (Å²) in [6.07, 6.45) is 2.15. The number of nitrogens with zero attached hydrogens (tertiary/aromatic N) is 1. The van der Waals surface area contributed by atoms with Crippen LogP contribution in [0.15, 0.2) is 35.9 Å². The highest BCUT2D eigenvalue weighted by Crippen LogP contribution is 2.59. The van der Waals surface area contributed by atoms with E-state index < -0.39 is 0 Å². The summed E-state index contributed by atoms with van der Waals surface area (Å²) in [5.41, 5.74) is 2.49. The molecule has 1 unspecified atom stereocenters. The van der Waals surface area contributed by atoms with Gasteiger partial charge in [-0.1, -0.05) is 43.7 Å². The number of esters is 1. The largest absolute Gasteiger partial charge is 0.461 e. The van der Waals surface area contributed by atoms with Gasteiger partial charge in [-0.15, -0.1) is 0 Å². The van der Waals surface area contributed by atoms with Crippen LogP contribution in [0.5, 0.6) is 0 Å². The van der Waals surface area contributed by atoms with Crippen LogP contribution in [0.4, 0.5) is 0 Å². The number of rotatable bonds is 4. The fraction of sp³-hybridized carbons (Fsp3) is 0.444. The lowest BCUT2D eigenvalue weighted by Crippen LogP contribution is -2.11. The Bertz CT molecular complexity index is 618. The first kappa shape index (κ1) is 15.3. The molecule has 3 nitrogen and oxygen atoms in total. The van der Waals surface area contributed by atoms with Gasteiger partial charge in [-0.2, -0.15) is 5.26 Å². The summed E-state index contributed by atoms with van der Waals surface area (Å²) < 4.78 is 5.42. The van der Waals surface area contributed by atoms with Gasteiger partial charge < -0.3 is 4.74 Å². The van der Waals surface area contributed by atoms with E-state index >= 15 is 0 Å². The van der Waals surface area contributed by atoms with Crippen molar-refractivity contribution in [3.05, 3.63) is 47.0 Å². The van der Waals surface area contributed by atoms with Crippen LogP contribution < -0.4 is 0 Å². The number of nitriles is 1. The number of carbonyl (C=O) groups excluding carboxylic acids is 1. The summed E-state index contributed by atoms with van der Waals surface area (Å²) >= 11 is 0. The highest BCUT2D eigenvalue weighted by atomic mass is 16.5. The summed E-state index contributed by atoms with van der Waals surface area (Å²) in [5.74, 6) is -0.00176. The Labute approximate surface area is 126 Å². The molecule has 1 aromatic carbocycles. The van der Waals surface area contributed by atoms with Crippen molar-refractivity contribution in [3.8, 4) is 6.07 Å². The number of carbonyl (C=O) groups is 1. The van der Waals surface area contributed by atoms with Crippen molar-refractivity contribution in [3.63, 3.8) is 0 Å². The summed E-state index contributed by atoms with van der Waals surface area (Å²) in [7, 11) is 0. The second-order valence-corrected chi connectivity index (χ2v) is 6.45. The molecule has 0 spiro atoms. The van der Waals surface area contributed by atoms with Gasteiger partial charge in [0.15, 0.2) is 0 Å². The molecule has 0 saturated heterocycles. The second-order valence-electron chi connectivity index (χ2n) is 6.45. The standard InChI is InChI=1S/C18H21NO2/c1-12(2)9-15-16(18(15,3)4)17(20)21-11-14-8-6-5-7-13(14)10-19/h5-9,15-16H,11H2,1-4H3/t15?,16-/m0/s1. The molecule has 2 atom stereocenters. The summed E-state index contributed by atoms with van der Waals surface area (Å²) in [6.45, 7) is 8.43. The Balaban J connectivity index is 2.01. The maximum absolute atomic E-state index is 12.3. The number of allylic oxidation sites excluding steroid dienone is 2. The maximum atomic E-state index is 12.3. The van der Waals surface area contributed by atoms with Gasteiger partial charge in [-0.25, -0.2) is 0 Å². The number of hydrogen-bond donors (Lipinski definition) is 0. The smallest absolute Gasteiger partial charge is 0.310 e. The van der Waals surface area contributed by atoms with E-state index in [0.29, 0.717) is 5.56 Å². The maximum Gasteiger partial charge on any atom is 0.310 e. The van der Waals surface area contributed by atoms with Crippen molar-refractivity contribution in [2.45, 2.75) is 34.3 Å². The lowest BCUT2D eigenvalue weighted by molar-refractivity contribution is -0.147. The molecule has 0 bridgehead atoms. The molecule has 0 amide bonds. The summed E-state index contributed by atoms with van der Waals surface area (Å²) in [5, 5.41) is 9.03. The van der Waals surface area contributed by atoms with Gasteiger partial charge in [0, 0.05) is 5.56 Å². The molecule has 110 valence electrons. The van der Waals surface area contributed by atoms with Gasteiger partial charge in [0.1, 0.15) is 6.61 Å². The Kier molecular flexibility index (Phi) is 4.18. The van der Waals surface area contributed by atoms with Crippen LogP contribution in [-0.4, -0.2) is 5.97 Å². The van der Waals surface area contributed by atoms with Crippen LogP contribution >= 0.6 is 0 Å². The molecule has 0 aromatic heterocycles. The van der Waals surface area contributed by atoms with Gasteiger partial charge in [0.05, 0.1) is 17.6 Å². The third-order valence-electron chi connectivity index (χ3n) is 4.19. The number of ether oxygens (including phenoxy) is 1. The SMILES string of the molecule is CC(C)=CC1[C@@H](C(=O)OCc2ccccc2C#N)C1(C)C. The predicted molar refractivity (Wildman–Crippen MR) is 81.1 cm³/mol. The molecule has 3 heteroatoms. The van der Waals surface area contributed by atoms with E-state index in [0.717, 1.165) is 5.56 Å². The Morgan fingerprint density at radius 1 is 1.38 bits per heavy atom. The molecule has 1 aliphatic carbocycles. The molecule has 0 heterocycles. The van der Waals surface area contributed by atoms with Crippen LogP contribution in [-0.2, 0) is 16.1 Å². The molecule has 0 radical (unpaired) electrons. The van der Waals surface area contributed by atoms with E-state index in [9.17, 15) is 4.79 Å². The molecular formula is C18H21NO2. The van der Waals surface area contributed by atoms with Gasteiger partial charge in [-0.05, 0) is 31.2 Å². The topological polar surface area (TPSA) is 50.1 Å². The zero-order chi connectivity index (χ0) is 15.6. The Morgan fingerprint density at radius 3 is 2.67 bits per heavy atom. The molecule has 1 saturated carbocycles. The van der Waals surface area contributed by atoms with Gasteiger partial charge >= 0.3 is 5.97 Å². The summed E-state index contributed by atoms with van der Waals surface area (Å²) in [4.78, 5) is 12.3. The van der Waals surface area contributed by atoms with Crippen molar-refractivity contribution >= 4 is 5.97 Å². The molecule has 1 aromatic rings. The van der Waals surface area contributed by atoms with Crippen molar-refractivity contribution in [2.75, 3.05) is 0 Å². The fourth-order valence-electron chi connectivity index (χ4n) is 2.79. The zero-order valence-electron chi connectivity index (χ0n) is 13.0. The fourth-order valence-corrected chi connectivity index (χ4v) is 2.79. The van der Waals surface area contributed by atoms with Crippen molar-refractivity contribution < 1.29 is 9.53 Å². The summed E-state index contributed by atoms with van der Waals surface area (Å²) in [6, 6.07) is 9.31. The zero-order valence-corrected chi connectivity index (χ0v) is 13.0. The predicted octanol–water partition coefficient (Wildman–Crippen LogP) is 3.84. The normalized spacial score (nSPS) is 22.0. The van der Waals surface area contributed by atoms with Gasteiger partial charge in [-0.3, -0.25) is 4.79 Å². The molecule has 1 aliphatic rings. The molecule has 0 aliphatic heterocycles. The first-order valence-electron chi connectivity index (χ1n) is 7.17. The molecular weight excluding hydrogens is 262 g/mol. The number of hydrogen-bond acceptors (Lipinski definition) is 3. The molecule has 1 fully saturated rings. The highest BCUT2D eigenvalue weighted by molar-refractivity contribution is 5.78. The third kappa shape index (κ3) is 3.16. The van der Waals surface area contributed by atoms with Crippen molar-refractivity contribution in [2.24, 2.45) is 17.3 Å². The Hall–Kier alpha value is -2.08. The minimum Gasteiger partial charge on any atom is -0.461 e. The van der Waals surface area contributed by atoms with Crippen molar-refractivity contribution in [1.29, 1.82) is 5.26 Å². The van der Waals surface area contributed by atoms with Gasteiger partial charge in [0.25, 0.3) is 0 Å². The quantitative estimate of drug-likeness (QED) is 0.623. The van der Waals surface area contributed by atoms with Crippen molar-refractivity contribution in [1.82, 2.24) is 0 Å². The lowest BCUT2D eigenvalue weighted by Gasteiger charge is -2.07. The van der Waals surface area contributed by atoms with E-state index in [4.69, 9.17) is 10.00 Å². The van der Waals surface area contributed by atoms with E-state index in [1.807, 2.05) is 26.0 Å². The minimum atomic E-state index is -0.171. The average molecular weight is 283 g/mol. The Morgan fingerprint density at radius 2 is 2.05 bits per heavy atom. The first-order chi connectivity index (χ1) is 9.87. The number of benzene rings is 1. The molecule has 21 heavy (non-hydrogen) atoms. The monoisotopic (exact) mass is 283 g/mol. The molecule has 2 rings (SSSR count). The molecule has 0 N–H and O–H groups in total. The third-order valence-corrected chi connectivity index (χ3v) is 4.19. The van der Waals surface area contributed by atoms with Crippen LogP contribution in [0, 0.1) is 28.6 Å². The van der Waals surface area contributed by atoms with Crippen LogP contribution in [0.25, 0.3) is 0 Å². The van der Waals surface area contributed by atoms with Crippen LogP contribution in [0.2, 0.25) is 0 Å². The second kappa shape index (κ2) is 5.73. The van der Waals surface area contributed by atoms with E-state index in [1.165, 1.54) is 5.57 Å². The van der Waals surface area contributed by atoms with E-state index in [1.54, 1.807) is 12.1 Å². The van der Waals surface area contributed by atoms with E-state index in [-0.39, 0.29) is 29.8 Å². The lowest BCUT2D eigenvalue weighted by atomic mass is 10.1. The van der Waals surface area contributed by atoms with Gasteiger partial charge in [0.2, 0.25) is 0 Å². The average Bonchev–Trinajstić information content (AvgIpc) is 2.96. The van der Waals surface area contributed by atoms with Crippen LogP contribution in [0.3, 0.4) is 0 Å². The highest BCUT2D eigenvalue weighted by Gasteiger charge is 2.61. The minimum absolute atomic E-state index is 0.0386. The first-order valence-corrected chi connectivity index (χ1v) is 7.17. The van der Waals surface area contributed by atoms with E-state index in [2.05, 4.69) is 26.0 Å². The van der Waals surface area contributed by atoms with Crippen LogP contribution in [0.1, 0.15) is 38.8 Å².